The molecule has 78 valence electrons. The summed E-state index contributed by atoms with van der Waals surface area (Å²) in [6, 6.07) is 8.03. The van der Waals surface area contributed by atoms with E-state index in [9.17, 15) is 0 Å². The summed E-state index contributed by atoms with van der Waals surface area (Å²) in [5.41, 5.74) is 9.03. The van der Waals surface area contributed by atoms with Gasteiger partial charge in [0.1, 0.15) is 5.82 Å². The van der Waals surface area contributed by atoms with Gasteiger partial charge in [0.2, 0.25) is 0 Å². The third-order valence-electron chi connectivity index (χ3n) is 2.36. The van der Waals surface area contributed by atoms with Crippen LogP contribution < -0.4 is 5.73 Å². The molecule has 0 aliphatic carbocycles. The zero-order chi connectivity index (χ0) is 11.0. The minimum Gasteiger partial charge on any atom is -0.383 e. The van der Waals surface area contributed by atoms with Crippen molar-refractivity contribution in [3.8, 4) is 5.69 Å². The van der Waals surface area contributed by atoms with Gasteiger partial charge in [0.15, 0.2) is 0 Å². The molecule has 2 N–H and O–H groups in total. The van der Waals surface area contributed by atoms with Gasteiger partial charge in [0.05, 0.1) is 15.9 Å². The average molecular weight is 266 g/mol. The fourth-order valence-corrected chi connectivity index (χ4v) is 1.76. The molecule has 15 heavy (non-hydrogen) atoms. The summed E-state index contributed by atoms with van der Waals surface area (Å²) in [4.78, 5) is 0. The van der Waals surface area contributed by atoms with Crippen molar-refractivity contribution in [3.63, 3.8) is 0 Å². The minimum absolute atomic E-state index is 0.641. The summed E-state index contributed by atoms with van der Waals surface area (Å²) >= 11 is 3.41. The Morgan fingerprint density at radius 2 is 1.93 bits per heavy atom. The molecule has 0 amide bonds. The third-order valence-corrected chi connectivity index (χ3v) is 3.34. The highest BCUT2D eigenvalue weighted by atomic mass is 79.9. The van der Waals surface area contributed by atoms with Crippen molar-refractivity contribution in [3.05, 3.63) is 40.0 Å². The minimum atomic E-state index is 0.641. The van der Waals surface area contributed by atoms with E-state index in [1.54, 1.807) is 4.68 Å². The van der Waals surface area contributed by atoms with Crippen LogP contribution in [0.3, 0.4) is 0 Å². The first kappa shape index (κ1) is 10.2. The molecule has 1 heterocycles. The zero-order valence-electron chi connectivity index (χ0n) is 8.66. The van der Waals surface area contributed by atoms with Crippen molar-refractivity contribution in [2.24, 2.45) is 0 Å². The number of nitrogens with zero attached hydrogens (tertiary/aromatic N) is 2. The van der Waals surface area contributed by atoms with Crippen LogP contribution in [0.25, 0.3) is 5.69 Å². The number of hydrogen-bond donors (Lipinski definition) is 1. The highest BCUT2D eigenvalue weighted by Gasteiger charge is 2.11. The second-order valence-corrected chi connectivity index (χ2v) is 4.28. The Kier molecular flexibility index (Phi) is 2.52. The van der Waals surface area contributed by atoms with Gasteiger partial charge in [0.25, 0.3) is 0 Å². The molecule has 2 rings (SSSR count). The summed E-state index contributed by atoms with van der Waals surface area (Å²) in [7, 11) is 0. The van der Waals surface area contributed by atoms with Crippen LogP contribution in [0.2, 0.25) is 0 Å². The Hall–Kier alpha value is -1.29. The van der Waals surface area contributed by atoms with Gasteiger partial charge in [0, 0.05) is 0 Å². The van der Waals surface area contributed by atoms with Crippen LogP contribution >= 0.6 is 15.9 Å². The number of para-hydroxylation sites is 1. The number of benzene rings is 1. The Balaban J connectivity index is 2.65. The number of halogens is 1. The van der Waals surface area contributed by atoms with Crippen LogP contribution in [0.5, 0.6) is 0 Å². The largest absolute Gasteiger partial charge is 0.383 e. The second-order valence-electron chi connectivity index (χ2n) is 3.48. The van der Waals surface area contributed by atoms with Crippen LogP contribution in [0, 0.1) is 13.8 Å². The van der Waals surface area contributed by atoms with Crippen molar-refractivity contribution in [1.29, 1.82) is 0 Å². The van der Waals surface area contributed by atoms with Gasteiger partial charge < -0.3 is 5.73 Å². The molecule has 0 atom stereocenters. The maximum Gasteiger partial charge on any atom is 0.141 e. The Morgan fingerprint density at radius 1 is 1.27 bits per heavy atom. The van der Waals surface area contributed by atoms with Crippen LogP contribution in [0.4, 0.5) is 5.82 Å². The van der Waals surface area contributed by atoms with Crippen molar-refractivity contribution < 1.29 is 0 Å². The van der Waals surface area contributed by atoms with Crippen LogP contribution in [0.15, 0.2) is 28.7 Å². The molecule has 0 radical (unpaired) electrons. The topological polar surface area (TPSA) is 43.8 Å². The molecule has 1 aromatic carbocycles. The molecule has 3 nitrogen and oxygen atoms in total. The van der Waals surface area contributed by atoms with E-state index in [2.05, 4.69) is 21.0 Å². The van der Waals surface area contributed by atoms with E-state index in [1.165, 1.54) is 0 Å². The van der Waals surface area contributed by atoms with E-state index in [0.29, 0.717) is 5.82 Å². The molecular formula is C11H12BrN3. The van der Waals surface area contributed by atoms with Crippen LogP contribution in [-0.2, 0) is 0 Å². The lowest BCUT2D eigenvalue weighted by Crippen LogP contribution is -2.03. The van der Waals surface area contributed by atoms with Gasteiger partial charge in [-0.3, -0.25) is 0 Å². The monoisotopic (exact) mass is 265 g/mol. The van der Waals surface area contributed by atoms with Crippen molar-refractivity contribution in [2.45, 2.75) is 13.8 Å². The Bertz CT molecular complexity index is 503. The molecule has 1 aromatic heterocycles. The van der Waals surface area contributed by atoms with Gasteiger partial charge in [-0.2, -0.15) is 5.10 Å². The molecule has 0 spiro atoms. The lowest BCUT2D eigenvalue weighted by Gasteiger charge is -2.06. The highest BCUT2D eigenvalue weighted by Crippen LogP contribution is 2.26. The first-order chi connectivity index (χ1) is 7.11. The SMILES string of the molecule is Cc1ccccc1-n1nc(C)c(Br)c1N. The third kappa shape index (κ3) is 1.65. The van der Waals surface area contributed by atoms with Crippen LogP contribution in [-0.4, -0.2) is 9.78 Å². The van der Waals surface area contributed by atoms with Gasteiger partial charge in [-0.1, -0.05) is 18.2 Å². The van der Waals surface area contributed by atoms with E-state index < -0.39 is 0 Å². The van der Waals surface area contributed by atoms with E-state index >= 15 is 0 Å². The summed E-state index contributed by atoms with van der Waals surface area (Å²) in [5, 5.41) is 4.39. The molecule has 2 aromatic rings. The molecule has 4 heteroatoms. The van der Waals surface area contributed by atoms with E-state index in [-0.39, 0.29) is 0 Å². The maximum atomic E-state index is 5.96. The molecule has 0 aliphatic heterocycles. The second kappa shape index (κ2) is 3.70. The first-order valence-electron chi connectivity index (χ1n) is 4.68. The van der Waals surface area contributed by atoms with E-state index in [0.717, 1.165) is 21.4 Å². The predicted octanol–water partition coefficient (Wildman–Crippen LogP) is 2.83. The summed E-state index contributed by atoms with van der Waals surface area (Å²) < 4.78 is 2.63. The normalized spacial score (nSPS) is 10.6. The average Bonchev–Trinajstić information content (AvgIpc) is 2.47. The van der Waals surface area contributed by atoms with Gasteiger partial charge in [-0.15, -0.1) is 0 Å². The molecule has 0 saturated heterocycles. The summed E-state index contributed by atoms with van der Waals surface area (Å²) in [6.07, 6.45) is 0. The maximum absolute atomic E-state index is 5.96. The van der Waals surface area contributed by atoms with E-state index in [1.807, 2.05) is 38.1 Å². The summed E-state index contributed by atoms with van der Waals surface area (Å²) in [6.45, 7) is 3.97. The molecular weight excluding hydrogens is 254 g/mol. The predicted molar refractivity (Wildman–Crippen MR) is 65.2 cm³/mol. The lowest BCUT2D eigenvalue weighted by atomic mass is 10.2. The molecule has 0 aliphatic rings. The lowest BCUT2D eigenvalue weighted by molar-refractivity contribution is 0.865. The van der Waals surface area contributed by atoms with Crippen molar-refractivity contribution in [2.75, 3.05) is 5.73 Å². The number of nitrogens with two attached hydrogens (primary N) is 1. The molecule has 0 unspecified atom stereocenters. The number of nitrogen functional groups attached to an aromatic ring is 1. The zero-order valence-corrected chi connectivity index (χ0v) is 10.2. The number of aryl methyl sites for hydroxylation is 2. The molecule has 0 fully saturated rings. The van der Waals surface area contributed by atoms with Crippen molar-refractivity contribution in [1.82, 2.24) is 9.78 Å². The van der Waals surface area contributed by atoms with Gasteiger partial charge in [-0.25, -0.2) is 4.68 Å². The fourth-order valence-electron chi connectivity index (χ4n) is 1.51. The van der Waals surface area contributed by atoms with Gasteiger partial charge >= 0.3 is 0 Å². The Morgan fingerprint density at radius 3 is 2.47 bits per heavy atom. The number of aromatic nitrogens is 2. The number of hydrogen-bond acceptors (Lipinski definition) is 2. The molecule has 0 saturated carbocycles. The van der Waals surface area contributed by atoms with E-state index in [4.69, 9.17) is 5.73 Å². The first-order valence-corrected chi connectivity index (χ1v) is 5.47. The summed E-state index contributed by atoms with van der Waals surface area (Å²) in [5.74, 6) is 0.641. The molecule has 0 bridgehead atoms. The quantitative estimate of drug-likeness (QED) is 0.862. The number of rotatable bonds is 1. The smallest absolute Gasteiger partial charge is 0.141 e. The number of anilines is 1. The Labute approximate surface area is 97.0 Å². The van der Waals surface area contributed by atoms with Crippen LogP contribution in [0.1, 0.15) is 11.3 Å². The van der Waals surface area contributed by atoms with Gasteiger partial charge in [-0.05, 0) is 41.4 Å². The standard InChI is InChI=1S/C11H12BrN3/c1-7-5-3-4-6-9(7)15-11(13)10(12)8(2)14-15/h3-6H,13H2,1-2H3. The fraction of sp³-hybridized carbons (Fsp3) is 0.182. The highest BCUT2D eigenvalue weighted by molar-refractivity contribution is 9.10. The van der Waals surface area contributed by atoms with Crippen molar-refractivity contribution >= 4 is 21.7 Å².